The second kappa shape index (κ2) is 5.95. The van der Waals surface area contributed by atoms with E-state index >= 15 is 0 Å². The molecule has 0 fully saturated rings. The normalized spacial score (nSPS) is 10.0. The van der Waals surface area contributed by atoms with Gasteiger partial charge in [-0.25, -0.2) is 0 Å². The number of aliphatic hydroxyl groups excluding tert-OH is 1. The zero-order valence-corrected chi connectivity index (χ0v) is 9.43. The van der Waals surface area contributed by atoms with Crippen LogP contribution in [-0.4, -0.2) is 41.0 Å². The second-order valence-corrected chi connectivity index (χ2v) is 3.22. The van der Waals surface area contributed by atoms with Crippen LogP contribution in [0.25, 0.3) is 0 Å². The molecule has 17 heavy (non-hydrogen) atoms. The number of amides is 1. The summed E-state index contributed by atoms with van der Waals surface area (Å²) in [6.07, 6.45) is 0. The number of hydrogen-bond acceptors (Lipinski definition) is 5. The SMILES string of the molecule is CCOc1c(O)ccc(O)c1C(=O)NCCO. The zero-order chi connectivity index (χ0) is 12.8. The number of aromatic hydroxyl groups is 2. The third-order valence-electron chi connectivity index (χ3n) is 2.03. The molecule has 0 radical (unpaired) electrons. The van der Waals surface area contributed by atoms with Crippen LogP contribution in [0.4, 0.5) is 0 Å². The van der Waals surface area contributed by atoms with Crippen LogP contribution in [0.3, 0.4) is 0 Å². The van der Waals surface area contributed by atoms with E-state index in [9.17, 15) is 15.0 Å². The molecule has 6 nitrogen and oxygen atoms in total. The van der Waals surface area contributed by atoms with Gasteiger partial charge in [0.25, 0.3) is 5.91 Å². The third kappa shape index (κ3) is 3.01. The monoisotopic (exact) mass is 241 g/mol. The number of benzene rings is 1. The van der Waals surface area contributed by atoms with Crippen molar-refractivity contribution in [3.63, 3.8) is 0 Å². The van der Waals surface area contributed by atoms with Gasteiger partial charge in [0.2, 0.25) is 0 Å². The number of phenols is 2. The van der Waals surface area contributed by atoms with E-state index in [1.807, 2.05) is 0 Å². The Kier molecular flexibility index (Phi) is 4.59. The number of nitrogens with one attached hydrogen (secondary N) is 1. The van der Waals surface area contributed by atoms with Gasteiger partial charge in [-0.05, 0) is 19.1 Å². The summed E-state index contributed by atoms with van der Waals surface area (Å²) in [4.78, 5) is 11.7. The molecular weight excluding hydrogens is 226 g/mol. The van der Waals surface area contributed by atoms with Crippen molar-refractivity contribution in [2.75, 3.05) is 19.8 Å². The molecule has 6 heteroatoms. The summed E-state index contributed by atoms with van der Waals surface area (Å²) >= 11 is 0. The van der Waals surface area contributed by atoms with Crippen LogP contribution in [0.15, 0.2) is 12.1 Å². The standard InChI is InChI=1S/C11H15NO5/c1-2-17-10-8(15)4-3-7(14)9(10)11(16)12-5-6-13/h3-4,13-15H,2,5-6H2,1H3,(H,12,16). The maximum atomic E-state index is 11.7. The lowest BCUT2D eigenvalue weighted by molar-refractivity contribution is 0.0937. The van der Waals surface area contributed by atoms with Crippen LogP contribution in [-0.2, 0) is 0 Å². The highest BCUT2D eigenvalue weighted by molar-refractivity contribution is 6.00. The predicted octanol–water partition coefficient (Wildman–Crippen LogP) is 0.219. The van der Waals surface area contributed by atoms with Crippen molar-refractivity contribution in [3.8, 4) is 17.2 Å². The van der Waals surface area contributed by atoms with Crippen molar-refractivity contribution in [2.45, 2.75) is 6.92 Å². The molecule has 0 aliphatic rings. The van der Waals surface area contributed by atoms with Gasteiger partial charge in [0.1, 0.15) is 11.3 Å². The molecule has 4 N–H and O–H groups in total. The van der Waals surface area contributed by atoms with E-state index in [1.165, 1.54) is 12.1 Å². The van der Waals surface area contributed by atoms with Crippen LogP contribution < -0.4 is 10.1 Å². The van der Waals surface area contributed by atoms with Gasteiger partial charge in [-0.3, -0.25) is 4.79 Å². The fourth-order valence-corrected chi connectivity index (χ4v) is 1.33. The van der Waals surface area contributed by atoms with E-state index in [0.717, 1.165) is 0 Å². The van der Waals surface area contributed by atoms with Crippen LogP contribution in [0.2, 0.25) is 0 Å². The molecule has 94 valence electrons. The van der Waals surface area contributed by atoms with Gasteiger partial charge in [-0.15, -0.1) is 0 Å². The average Bonchev–Trinajstić information content (AvgIpc) is 2.31. The number of rotatable bonds is 5. The van der Waals surface area contributed by atoms with E-state index in [2.05, 4.69) is 5.32 Å². The number of aliphatic hydroxyl groups is 1. The topological polar surface area (TPSA) is 99.0 Å². The lowest BCUT2D eigenvalue weighted by Gasteiger charge is -2.13. The fourth-order valence-electron chi connectivity index (χ4n) is 1.33. The summed E-state index contributed by atoms with van der Waals surface area (Å²) < 4.78 is 5.12. The first kappa shape index (κ1) is 13.1. The van der Waals surface area contributed by atoms with Gasteiger partial charge in [-0.2, -0.15) is 0 Å². The number of hydrogen-bond donors (Lipinski definition) is 4. The van der Waals surface area contributed by atoms with Gasteiger partial charge >= 0.3 is 0 Å². The molecule has 1 aromatic carbocycles. The molecule has 0 bridgehead atoms. The Balaban J connectivity index is 3.10. The van der Waals surface area contributed by atoms with Crippen molar-refractivity contribution in [3.05, 3.63) is 17.7 Å². The molecule has 1 amide bonds. The first-order chi connectivity index (χ1) is 8.11. The molecule has 1 rings (SSSR count). The summed E-state index contributed by atoms with van der Waals surface area (Å²) in [6, 6.07) is 2.44. The Hall–Kier alpha value is -1.95. The fraction of sp³-hybridized carbons (Fsp3) is 0.364. The summed E-state index contributed by atoms with van der Waals surface area (Å²) in [6.45, 7) is 1.78. The third-order valence-corrected chi connectivity index (χ3v) is 2.03. The maximum absolute atomic E-state index is 11.7. The number of carbonyl (C=O) groups is 1. The molecule has 1 aromatic rings. The van der Waals surface area contributed by atoms with Crippen molar-refractivity contribution in [2.24, 2.45) is 0 Å². The first-order valence-corrected chi connectivity index (χ1v) is 5.18. The van der Waals surface area contributed by atoms with Gasteiger partial charge in [0.15, 0.2) is 11.5 Å². The second-order valence-electron chi connectivity index (χ2n) is 3.22. The minimum atomic E-state index is -0.615. The highest BCUT2D eigenvalue weighted by Crippen LogP contribution is 2.36. The minimum absolute atomic E-state index is 0.0551. The zero-order valence-electron chi connectivity index (χ0n) is 9.43. The molecule has 0 unspecified atom stereocenters. The van der Waals surface area contributed by atoms with Crippen molar-refractivity contribution in [1.82, 2.24) is 5.32 Å². The largest absolute Gasteiger partial charge is 0.507 e. The predicted molar refractivity (Wildman–Crippen MR) is 60.4 cm³/mol. The summed E-state index contributed by atoms with van der Waals surface area (Å²) in [5.74, 6) is -1.20. The molecule has 0 heterocycles. The van der Waals surface area contributed by atoms with E-state index in [4.69, 9.17) is 9.84 Å². The molecule has 0 aliphatic carbocycles. The van der Waals surface area contributed by atoms with Crippen molar-refractivity contribution < 1.29 is 24.9 Å². The molecule has 0 aromatic heterocycles. The molecular formula is C11H15NO5. The summed E-state index contributed by atoms with van der Waals surface area (Å²) in [5.41, 5.74) is -0.139. The Labute approximate surface area is 98.5 Å². The smallest absolute Gasteiger partial charge is 0.259 e. The van der Waals surface area contributed by atoms with E-state index in [-0.39, 0.29) is 42.6 Å². The lowest BCUT2D eigenvalue weighted by atomic mass is 10.1. The van der Waals surface area contributed by atoms with E-state index < -0.39 is 5.91 Å². The van der Waals surface area contributed by atoms with Gasteiger partial charge in [-0.1, -0.05) is 0 Å². The Bertz CT molecular complexity index is 405. The number of phenolic OH excluding ortho intramolecular Hbond substituents is 2. The van der Waals surface area contributed by atoms with Crippen LogP contribution >= 0.6 is 0 Å². The van der Waals surface area contributed by atoms with E-state index in [0.29, 0.717) is 0 Å². The molecule has 0 atom stereocenters. The molecule has 0 aliphatic heterocycles. The Morgan fingerprint density at radius 3 is 2.59 bits per heavy atom. The highest BCUT2D eigenvalue weighted by Gasteiger charge is 2.20. The Morgan fingerprint density at radius 1 is 1.35 bits per heavy atom. The molecule has 0 saturated heterocycles. The van der Waals surface area contributed by atoms with Crippen molar-refractivity contribution in [1.29, 1.82) is 0 Å². The first-order valence-electron chi connectivity index (χ1n) is 5.18. The molecule has 0 saturated carbocycles. The average molecular weight is 241 g/mol. The van der Waals surface area contributed by atoms with E-state index in [1.54, 1.807) is 6.92 Å². The number of carbonyl (C=O) groups excluding carboxylic acids is 1. The summed E-state index contributed by atoms with van der Waals surface area (Å²) in [5, 5.41) is 30.1. The Morgan fingerprint density at radius 2 is 2.00 bits per heavy atom. The van der Waals surface area contributed by atoms with Gasteiger partial charge in [0.05, 0.1) is 13.2 Å². The molecule has 0 spiro atoms. The highest BCUT2D eigenvalue weighted by atomic mass is 16.5. The quantitative estimate of drug-likeness (QED) is 0.553. The van der Waals surface area contributed by atoms with Crippen LogP contribution in [0, 0.1) is 0 Å². The lowest BCUT2D eigenvalue weighted by Crippen LogP contribution is -2.27. The van der Waals surface area contributed by atoms with Crippen LogP contribution in [0.5, 0.6) is 17.2 Å². The minimum Gasteiger partial charge on any atom is -0.507 e. The maximum Gasteiger partial charge on any atom is 0.259 e. The summed E-state index contributed by atoms with van der Waals surface area (Å²) in [7, 11) is 0. The van der Waals surface area contributed by atoms with Crippen molar-refractivity contribution >= 4 is 5.91 Å². The van der Waals surface area contributed by atoms with Gasteiger partial charge in [0, 0.05) is 6.54 Å². The number of ether oxygens (including phenoxy) is 1. The van der Waals surface area contributed by atoms with Crippen LogP contribution in [0.1, 0.15) is 17.3 Å². The van der Waals surface area contributed by atoms with Gasteiger partial charge < -0.3 is 25.4 Å².